The Bertz CT molecular complexity index is 1810. The molecule has 3 aliphatic rings. The Morgan fingerprint density at radius 2 is 1.75 bits per heavy atom. The molecule has 7 rings (SSSR count). The van der Waals surface area contributed by atoms with E-state index in [9.17, 15) is 12.8 Å². The van der Waals surface area contributed by atoms with Gasteiger partial charge in [0.2, 0.25) is 0 Å². The zero-order chi connectivity index (χ0) is 30.1. The highest BCUT2D eigenvalue weighted by atomic mass is 32.2. The lowest BCUT2D eigenvalue weighted by Gasteiger charge is -2.31. The molecule has 1 N–H and O–H groups in total. The quantitative estimate of drug-likeness (QED) is 0.306. The summed E-state index contributed by atoms with van der Waals surface area (Å²) in [7, 11) is -3.49. The van der Waals surface area contributed by atoms with Crippen LogP contribution in [0, 0.1) is 11.8 Å². The Hall–Kier alpha value is -4.35. The van der Waals surface area contributed by atoms with Gasteiger partial charge < -0.3 is 15.0 Å². The number of anilines is 3. The molecule has 4 aromatic rings. The van der Waals surface area contributed by atoms with Crippen LogP contribution in [0.3, 0.4) is 0 Å². The van der Waals surface area contributed by atoms with Crippen molar-refractivity contribution in [3.05, 3.63) is 60.4 Å². The van der Waals surface area contributed by atoms with Gasteiger partial charge in [-0.1, -0.05) is 11.8 Å². The summed E-state index contributed by atoms with van der Waals surface area (Å²) in [5.74, 6) is 7.85. The molecule has 2 aliphatic heterocycles. The summed E-state index contributed by atoms with van der Waals surface area (Å²) < 4.78 is 47.5. The second-order valence-electron chi connectivity index (χ2n) is 11.3. The van der Waals surface area contributed by atoms with Crippen molar-refractivity contribution in [1.29, 1.82) is 0 Å². The van der Waals surface area contributed by atoms with E-state index in [0.717, 1.165) is 47.0 Å². The Kier molecular flexibility index (Phi) is 7.73. The van der Waals surface area contributed by atoms with Crippen LogP contribution in [0.2, 0.25) is 0 Å². The maximum absolute atomic E-state index is 14.0. The molecule has 3 fully saturated rings. The van der Waals surface area contributed by atoms with Crippen molar-refractivity contribution in [3.8, 4) is 23.2 Å². The fourth-order valence-electron chi connectivity index (χ4n) is 5.43. The van der Waals surface area contributed by atoms with Gasteiger partial charge in [0, 0.05) is 51.0 Å². The molecule has 14 heteroatoms. The number of pyridine rings is 1. The van der Waals surface area contributed by atoms with E-state index >= 15 is 0 Å². The molecular formula is C30H32FN9O3S. The highest BCUT2D eigenvalue weighted by Crippen LogP contribution is 2.31. The minimum absolute atomic E-state index is 0.318. The van der Waals surface area contributed by atoms with Crippen molar-refractivity contribution >= 4 is 27.3 Å². The Morgan fingerprint density at radius 3 is 2.55 bits per heavy atom. The molecule has 0 radical (unpaired) electrons. The fourth-order valence-corrected chi connectivity index (χ4v) is 6.90. The largest absolute Gasteiger partial charge is 0.381 e. The third-order valence-electron chi connectivity index (χ3n) is 8.09. The second-order valence-corrected chi connectivity index (χ2v) is 13.4. The van der Waals surface area contributed by atoms with Gasteiger partial charge in [0.25, 0.3) is 10.0 Å². The van der Waals surface area contributed by atoms with Crippen molar-refractivity contribution in [2.45, 2.75) is 56.0 Å². The number of aromatic nitrogens is 7. The summed E-state index contributed by atoms with van der Waals surface area (Å²) in [5.41, 5.74) is 2.90. The zero-order valence-electron chi connectivity index (χ0n) is 24.0. The minimum atomic E-state index is -3.49. The first-order valence-corrected chi connectivity index (χ1v) is 16.4. The van der Waals surface area contributed by atoms with Gasteiger partial charge in [-0.15, -0.1) is 0 Å². The smallest absolute Gasteiger partial charge is 0.256 e. The average molecular weight is 618 g/mol. The molecule has 6 heterocycles. The summed E-state index contributed by atoms with van der Waals surface area (Å²) in [5, 5.41) is 11.4. The molecule has 0 aromatic carbocycles. The number of nitrogens with zero attached hydrogens (tertiary/aromatic N) is 8. The number of ether oxygens (including phenoxy) is 1. The molecule has 228 valence electrons. The van der Waals surface area contributed by atoms with E-state index in [2.05, 4.69) is 47.2 Å². The number of alkyl halides is 1. The Labute approximate surface area is 254 Å². The zero-order valence-corrected chi connectivity index (χ0v) is 24.8. The number of piperidine rings is 1. The maximum Gasteiger partial charge on any atom is 0.256 e. The van der Waals surface area contributed by atoms with Crippen LogP contribution in [0.5, 0.6) is 0 Å². The standard InChI is InChI=1S/C30H32FN9O3S/c31-24-6-11-38(12-7-24)27-15-29(33-17-22(27)2-1-21-16-34-39(19-21)25-8-13-43-14-9-25)36-28-5-10-32-30(37-28)23-18-35-40(20-23)44(41,42)26-3-4-26/h5,10,15-20,24-26H,3-4,6-9,11-14H2,(H,32,33,36,37). The van der Waals surface area contributed by atoms with Crippen LogP contribution in [0.4, 0.5) is 21.7 Å². The summed E-state index contributed by atoms with van der Waals surface area (Å²) in [6.45, 7) is 2.63. The highest BCUT2D eigenvalue weighted by Gasteiger charge is 2.37. The van der Waals surface area contributed by atoms with E-state index < -0.39 is 16.2 Å². The van der Waals surface area contributed by atoms with E-state index in [4.69, 9.17) is 4.74 Å². The van der Waals surface area contributed by atoms with E-state index in [-0.39, 0.29) is 5.25 Å². The monoisotopic (exact) mass is 617 g/mol. The first kappa shape index (κ1) is 28.4. The van der Waals surface area contributed by atoms with Crippen molar-refractivity contribution in [2.75, 3.05) is 36.5 Å². The first-order chi connectivity index (χ1) is 21.4. The van der Waals surface area contributed by atoms with Crippen LogP contribution in [0.15, 0.2) is 49.3 Å². The third kappa shape index (κ3) is 6.15. The summed E-state index contributed by atoms with van der Waals surface area (Å²) in [6, 6.07) is 3.92. The van der Waals surface area contributed by atoms with E-state index in [1.807, 2.05) is 16.9 Å². The van der Waals surface area contributed by atoms with Gasteiger partial charge in [0.15, 0.2) is 5.82 Å². The molecule has 0 spiro atoms. The molecule has 0 unspecified atom stereocenters. The minimum Gasteiger partial charge on any atom is -0.381 e. The number of hydrogen-bond acceptors (Lipinski definition) is 10. The van der Waals surface area contributed by atoms with Gasteiger partial charge >= 0.3 is 0 Å². The second kappa shape index (κ2) is 12.0. The topological polar surface area (TPSA) is 133 Å². The number of halogens is 1. The predicted octanol–water partition coefficient (Wildman–Crippen LogP) is 3.71. The Balaban J connectivity index is 1.13. The lowest BCUT2D eigenvalue weighted by Crippen LogP contribution is -2.34. The van der Waals surface area contributed by atoms with Gasteiger partial charge in [-0.3, -0.25) is 4.68 Å². The van der Waals surface area contributed by atoms with Gasteiger partial charge in [-0.2, -0.15) is 14.3 Å². The molecular weight excluding hydrogens is 585 g/mol. The summed E-state index contributed by atoms with van der Waals surface area (Å²) in [6.07, 6.45) is 13.2. The Morgan fingerprint density at radius 1 is 0.932 bits per heavy atom. The number of hydrogen-bond donors (Lipinski definition) is 1. The third-order valence-corrected chi connectivity index (χ3v) is 10.1. The molecule has 2 saturated heterocycles. The molecule has 0 amide bonds. The summed E-state index contributed by atoms with van der Waals surface area (Å²) >= 11 is 0. The summed E-state index contributed by atoms with van der Waals surface area (Å²) in [4.78, 5) is 15.6. The molecule has 12 nitrogen and oxygen atoms in total. The van der Waals surface area contributed by atoms with Crippen molar-refractivity contribution in [1.82, 2.24) is 33.9 Å². The predicted molar refractivity (Wildman–Crippen MR) is 162 cm³/mol. The van der Waals surface area contributed by atoms with Crippen LogP contribution in [0.1, 0.15) is 55.7 Å². The van der Waals surface area contributed by atoms with E-state index in [1.54, 1.807) is 24.7 Å². The van der Waals surface area contributed by atoms with Crippen molar-refractivity contribution in [2.24, 2.45) is 0 Å². The molecule has 0 bridgehead atoms. The molecule has 1 saturated carbocycles. The number of nitrogens with one attached hydrogen (secondary N) is 1. The van der Waals surface area contributed by atoms with Crippen LogP contribution >= 0.6 is 0 Å². The fraction of sp³-hybridized carbons (Fsp3) is 0.433. The SMILES string of the molecule is O=S(=O)(C1CC1)n1cc(-c2nccc(Nc3cc(N4CCC(F)CC4)c(C#Cc4cnn(C5CCOCC5)c4)cn3)n2)cn1. The van der Waals surface area contributed by atoms with E-state index in [0.29, 0.717) is 67.8 Å². The highest BCUT2D eigenvalue weighted by molar-refractivity contribution is 7.90. The van der Waals surface area contributed by atoms with Gasteiger partial charge in [0.05, 0.1) is 52.3 Å². The van der Waals surface area contributed by atoms with Crippen LogP contribution in [-0.4, -0.2) is 80.1 Å². The van der Waals surface area contributed by atoms with Crippen molar-refractivity contribution in [3.63, 3.8) is 0 Å². The van der Waals surface area contributed by atoms with Gasteiger partial charge in [-0.25, -0.2) is 27.8 Å². The average Bonchev–Trinajstić information content (AvgIpc) is 3.60. The van der Waals surface area contributed by atoms with Crippen LogP contribution in [0.25, 0.3) is 11.4 Å². The molecule has 1 aliphatic carbocycles. The van der Waals surface area contributed by atoms with Gasteiger partial charge in [0.1, 0.15) is 17.8 Å². The van der Waals surface area contributed by atoms with E-state index in [1.165, 1.54) is 12.4 Å². The maximum atomic E-state index is 14.0. The van der Waals surface area contributed by atoms with Crippen LogP contribution < -0.4 is 10.2 Å². The first-order valence-electron chi connectivity index (χ1n) is 14.8. The lowest BCUT2D eigenvalue weighted by atomic mass is 10.1. The lowest BCUT2D eigenvalue weighted by molar-refractivity contribution is 0.0662. The van der Waals surface area contributed by atoms with Gasteiger partial charge in [-0.05, 0) is 44.6 Å². The van der Waals surface area contributed by atoms with Crippen LogP contribution in [-0.2, 0) is 14.8 Å². The normalized spacial score (nSPS) is 18.2. The molecule has 44 heavy (non-hydrogen) atoms. The number of rotatable bonds is 7. The van der Waals surface area contributed by atoms with Crippen molar-refractivity contribution < 1.29 is 17.5 Å². The molecule has 0 atom stereocenters. The molecule has 4 aromatic heterocycles.